The van der Waals surface area contributed by atoms with Crippen molar-refractivity contribution in [3.63, 3.8) is 0 Å². The molecule has 4 heteroatoms. The van der Waals surface area contributed by atoms with Crippen molar-refractivity contribution >= 4 is 0 Å². The monoisotopic (exact) mass is 194 g/mol. The summed E-state index contributed by atoms with van der Waals surface area (Å²) in [7, 11) is 1.60. The minimum Gasteiger partial charge on any atom is -0.483 e. The molecule has 1 aliphatic heterocycles. The number of hydrogen-bond donors (Lipinski definition) is 1. The maximum atomic E-state index is 5.76. The normalized spacial score (nSPS) is 18.4. The van der Waals surface area contributed by atoms with Crippen molar-refractivity contribution in [3.8, 4) is 11.6 Å². The molecule has 4 nitrogen and oxygen atoms in total. The van der Waals surface area contributed by atoms with Crippen LogP contribution < -0.4 is 14.8 Å². The molecule has 1 aromatic rings. The van der Waals surface area contributed by atoms with Gasteiger partial charge in [-0.25, -0.2) is 4.98 Å². The Bertz CT molecular complexity index is 306. The SMILES string of the molecule is COc1ccc(OC2(C)CNC2)cn1. The zero-order valence-electron chi connectivity index (χ0n) is 8.41. The third-order valence-electron chi connectivity index (χ3n) is 2.28. The molecule has 0 atom stereocenters. The zero-order chi connectivity index (χ0) is 10.0. The summed E-state index contributed by atoms with van der Waals surface area (Å²) in [5, 5.41) is 3.17. The molecule has 0 saturated carbocycles. The first-order valence-electron chi connectivity index (χ1n) is 4.62. The second kappa shape index (κ2) is 3.46. The van der Waals surface area contributed by atoms with E-state index < -0.39 is 0 Å². The molecule has 0 unspecified atom stereocenters. The molecule has 0 aliphatic carbocycles. The van der Waals surface area contributed by atoms with Crippen molar-refractivity contribution in [2.24, 2.45) is 0 Å². The Morgan fingerprint density at radius 2 is 2.21 bits per heavy atom. The molecule has 1 saturated heterocycles. The van der Waals surface area contributed by atoms with E-state index in [1.807, 2.05) is 6.07 Å². The van der Waals surface area contributed by atoms with Gasteiger partial charge in [-0.15, -0.1) is 0 Å². The fraction of sp³-hybridized carbons (Fsp3) is 0.500. The molecule has 1 aliphatic rings. The Kier molecular flexibility index (Phi) is 2.29. The third-order valence-corrected chi connectivity index (χ3v) is 2.28. The molecule has 0 bridgehead atoms. The summed E-state index contributed by atoms with van der Waals surface area (Å²) >= 11 is 0. The molecule has 1 aromatic heterocycles. The quantitative estimate of drug-likeness (QED) is 0.774. The molecule has 0 aromatic carbocycles. The van der Waals surface area contributed by atoms with Crippen LogP contribution in [0.1, 0.15) is 6.92 Å². The van der Waals surface area contributed by atoms with Gasteiger partial charge in [0.1, 0.15) is 11.4 Å². The first-order chi connectivity index (χ1) is 6.72. The largest absolute Gasteiger partial charge is 0.483 e. The molecule has 0 amide bonds. The molecule has 0 spiro atoms. The lowest BCUT2D eigenvalue weighted by Gasteiger charge is -2.39. The van der Waals surface area contributed by atoms with E-state index in [-0.39, 0.29) is 5.60 Å². The van der Waals surface area contributed by atoms with E-state index in [1.54, 1.807) is 19.4 Å². The maximum Gasteiger partial charge on any atom is 0.213 e. The van der Waals surface area contributed by atoms with E-state index >= 15 is 0 Å². The van der Waals surface area contributed by atoms with Gasteiger partial charge in [0.2, 0.25) is 5.88 Å². The van der Waals surface area contributed by atoms with E-state index in [0.29, 0.717) is 5.88 Å². The van der Waals surface area contributed by atoms with Crippen molar-refractivity contribution in [2.45, 2.75) is 12.5 Å². The van der Waals surface area contributed by atoms with Crippen LogP contribution in [0.4, 0.5) is 0 Å². The van der Waals surface area contributed by atoms with Crippen molar-refractivity contribution in [1.82, 2.24) is 10.3 Å². The van der Waals surface area contributed by atoms with Gasteiger partial charge in [-0.3, -0.25) is 0 Å². The van der Waals surface area contributed by atoms with Gasteiger partial charge in [0, 0.05) is 19.2 Å². The number of aromatic nitrogens is 1. The Labute approximate surface area is 83.2 Å². The fourth-order valence-corrected chi connectivity index (χ4v) is 1.38. The van der Waals surface area contributed by atoms with Crippen LogP contribution in [0.5, 0.6) is 11.6 Å². The Morgan fingerprint density at radius 3 is 2.64 bits per heavy atom. The van der Waals surface area contributed by atoms with Gasteiger partial charge in [-0.2, -0.15) is 0 Å². The lowest BCUT2D eigenvalue weighted by atomic mass is 10.0. The Balaban J connectivity index is 2.02. The number of nitrogens with zero attached hydrogens (tertiary/aromatic N) is 1. The first kappa shape index (κ1) is 9.27. The van der Waals surface area contributed by atoms with E-state index in [1.165, 1.54) is 0 Å². The third kappa shape index (κ3) is 1.80. The van der Waals surface area contributed by atoms with Gasteiger partial charge >= 0.3 is 0 Å². The highest BCUT2D eigenvalue weighted by atomic mass is 16.5. The zero-order valence-corrected chi connectivity index (χ0v) is 8.41. The number of ether oxygens (including phenoxy) is 2. The van der Waals surface area contributed by atoms with Crippen molar-refractivity contribution in [1.29, 1.82) is 0 Å². The highest BCUT2D eigenvalue weighted by molar-refractivity contribution is 5.24. The summed E-state index contributed by atoms with van der Waals surface area (Å²) in [6.07, 6.45) is 1.68. The van der Waals surface area contributed by atoms with Crippen molar-refractivity contribution in [3.05, 3.63) is 18.3 Å². The van der Waals surface area contributed by atoms with Gasteiger partial charge in [-0.1, -0.05) is 0 Å². The number of nitrogens with one attached hydrogen (secondary N) is 1. The smallest absolute Gasteiger partial charge is 0.213 e. The van der Waals surface area contributed by atoms with Crippen LogP contribution in [0.3, 0.4) is 0 Å². The summed E-state index contributed by atoms with van der Waals surface area (Å²) < 4.78 is 10.7. The predicted octanol–water partition coefficient (Wildman–Crippen LogP) is 0.831. The number of hydrogen-bond acceptors (Lipinski definition) is 4. The lowest BCUT2D eigenvalue weighted by molar-refractivity contribution is 0.0344. The minimum atomic E-state index is -0.0731. The maximum absolute atomic E-state index is 5.76. The first-order valence-corrected chi connectivity index (χ1v) is 4.62. The number of pyridine rings is 1. The Morgan fingerprint density at radius 1 is 1.43 bits per heavy atom. The summed E-state index contributed by atoms with van der Waals surface area (Å²) in [4.78, 5) is 4.07. The molecule has 14 heavy (non-hydrogen) atoms. The summed E-state index contributed by atoms with van der Waals surface area (Å²) in [5.74, 6) is 1.39. The van der Waals surface area contributed by atoms with Gasteiger partial charge < -0.3 is 14.8 Å². The van der Waals surface area contributed by atoms with Gasteiger partial charge in [0.05, 0.1) is 13.3 Å². The van der Waals surface area contributed by atoms with E-state index in [0.717, 1.165) is 18.8 Å². The molecule has 2 heterocycles. The molecule has 1 fully saturated rings. The van der Waals surface area contributed by atoms with E-state index in [2.05, 4.69) is 17.2 Å². The van der Waals surface area contributed by atoms with Crippen LogP contribution in [-0.2, 0) is 0 Å². The molecular weight excluding hydrogens is 180 g/mol. The van der Waals surface area contributed by atoms with Crippen molar-refractivity contribution in [2.75, 3.05) is 20.2 Å². The predicted molar refractivity (Wildman–Crippen MR) is 52.7 cm³/mol. The molecule has 2 rings (SSSR count). The average Bonchev–Trinajstić information content (AvgIpc) is 2.17. The average molecular weight is 194 g/mol. The van der Waals surface area contributed by atoms with Crippen LogP contribution in [0, 0.1) is 0 Å². The summed E-state index contributed by atoms with van der Waals surface area (Å²) in [5.41, 5.74) is -0.0731. The van der Waals surface area contributed by atoms with E-state index in [9.17, 15) is 0 Å². The van der Waals surface area contributed by atoms with Crippen LogP contribution >= 0.6 is 0 Å². The van der Waals surface area contributed by atoms with Crippen LogP contribution in [-0.4, -0.2) is 30.8 Å². The van der Waals surface area contributed by atoms with Gasteiger partial charge in [0.25, 0.3) is 0 Å². The second-order valence-corrected chi connectivity index (χ2v) is 3.69. The lowest BCUT2D eigenvalue weighted by Crippen LogP contribution is -2.61. The molecule has 76 valence electrons. The topological polar surface area (TPSA) is 43.4 Å². The second-order valence-electron chi connectivity index (χ2n) is 3.69. The summed E-state index contributed by atoms with van der Waals surface area (Å²) in [6, 6.07) is 3.67. The van der Waals surface area contributed by atoms with Crippen molar-refractivity contribution < 1.29 is 9.47 Å². The standard InChI is InChI=1S/C10H14N2O2/c1-10(6-11-7-10)14-8-3-4-9(13-2)12-5-8/h3-5,11H,6-7H2,1-2H3. The highest BCUT2D eigenvalue weighted by Crippen LogP contribution is 2.21. The highest BCUT2D eigenvalue weighted by Gasteiger charge is 2.33. The molecule has 1 N–H and O–H groups in total. The van der Waals surface area contributed by atoms with Crippen LogP contribution in [0.25, 0.3) is 0 Å². The van der Waals surface area contributed by atoms with Crippen LogP contribution in [0.2, 0.25) is 0 Å². The van der Waals surface area contributed by atoms with Crippen LogP contribution in [0.15, 0.2) is 18.3 Å². The van der Waals surface area contributed by atoms with Gasteiger partial charge in [0.15, 0.2) is 0 Å². The minimum absolute atomic E-state index is 0.0731. The van der Waals surface area contributed by atoms with Gasteiger partial charge in [-0.05, 0) is 13.0 Å². The Hall–Kier alpha value is -1.29. The number of rotatable bonds is 3. The summed E-state index contributed by atoms with van der Waals surface area (Å²) in [6.45, 7) is 3.85. The van der Waals surface area contributed by atoms with E-state index in [4.69, 9.17) is 9.47 Å². The molecule has 0 radical (unpaired) electrons. The number of methoxy groups -OCH3 is 1. The molecular formula is C10H14N2O2. The fourth-order valence-electron chi connectivity index (χ4n) is 1.38.